The van der Waals surface area contributed by atoms with E-state index >= 15 is 0 Å². The smallest absolute Gasteiger partial charge is 0 e. The Bertz CT molecular complexity index is 151. The fourth-order valence-electron chi connectivity index (χ4n) is 0.529. The molecule has 0 atom stereocenters. The third-order valence-electron chi connectivity index (χ3n) is 1.10. The summed E-state index contributed by atoms with van der Waals surface area (Å²) in [6, 6.07) is 0. The minimum Gasteiger partial charge on any atom is 0 e. The van der Waals surface area contributed by atoms with Crippen LogP contribution >= 0.6 is 0 Å². The number of hydrogen-bond donors (Lipinski definition) is 2. The predicted molar refractivity (Wildman–Crippen MR) is 35.1 cm³/mol. The molecule has 0 aliphatic heterocycles. The van der Waals surface area contributed by atoms with Crippen molar-refractivity contribution in [2.45, 2.75) is 6.42 Å². The van der Waals surface area contributed by atoms with Crippen molar-refractivity contribution in [1.82, 2.24) is 0 Å². The Balaban J connectivity index is -0.000000500. The zero-order valence-electron chi connectivity index (χ0n) is 6.77. The number of carboxylic acids is 2. The van der Waals surface area contributed by atoms with Gasteiger partial charge in [0.05, 0.1) is 0 Å². The molecule has 0 aromatic rings. The molecule has 0 fully saturated rings. The van der Waals surface area contributed by atoms with Gasteiger partial charge in [-0.05, 0) is 0 Å². The zero-order chi connectivity index (χ0) is 8.85. The number of rotatable bonds is 5. The third kappa shape index (κ3) is 10.3. The van der Waals surface area contributed by atoms with Gasteiger partial charge in [0.15, 0.2) is 0 Å². The summed E-state index contributed by atoms with van der Waals surface area (Å²) < 4.78 is 4.68. The van der Waals surface area contributed by atoms with Crippen molar-refractivity contribution < 1.29 is 87.1 Å². The minimum atomic E-state index is -1.33. The molecule has 0 aliphatic carbocycles. The van der Waals surface area contributed by atoms with Crippen LogP contribution in [-0.2, 0) is 12.3 Å². The Kier molecular flexibility index (Phi) is 19.0. The third-order valence-corrected chi connectivity index (χ3v) is 1.90. The predicted octanol–water partition coefficient (Wildman–Crippen LogP) is -0.738. The molecule has 0 aromatic heterocycles. The van der Waals surface area contributed by atoms with E-state index in [1.165, 1.54) is 0 Å². The Morgan fingerprint density at radius 2 is 1.62 bits per heavy atom. The Hall–Kier alpha value is 2.00. The summed E-state index contributed by atoms with van der Waals surface area (Å²) in [5.41, 5.74) is 0. The Morgan fingerprint density at radius 1 is 1.23 bits per heavy atom. The summed E-state index contributed by atoms with van der Waals surface area (Å²) in [5.74, 6) is -3.95. The fraction of sp³-hybridized carbons (Fsp3) is 0.600. The van der Waals surface area contributed by atoms with Crippen LogP contribution in [0.2, 0.25) is 0 Å². The van der Waals surface area contributed by atoms with Gasteiger partial charge >= 0.3 is 79.6 Å². The normalized spacial score (nSPS) is 8.46. The van der Waals surface area contributed by atoms with E-state index in [1.807, 2.05) is 0 Å². The van der Waals surface area contributed by atoms with E-state index in [0.717, 1.165) is 0 Å². The molecule has 0 aromatic carbocycles. The van der Waals surface area contributed by atoms with Gasteiger partial charge in [-0.3, -0.25) is 0 Å². The second-order valence-electron chi connectivity index (χ2n) is 1.87. The average Bonchev–Trinajstić information content (AvgIpc) is 1.87. The van der Waals surface area contributed by atoms with Crippen LogP contribution in [0.25, 0.3) is 0 Å². The second-order valence-corrected chi connectivity index (χ2v) is 2.99. The first-order valence-electron chi connectivity index (χ1n) is 2.83. The molecule has 0 aliphatic rings. The molecule has 0 bridgehead atoms. The van der Waals surface area contributed by atoms with Gasteiger partial charge in [0, 0.05) is 64.6 Å². The summed E-state index contributed by atoms with van der Waals surface area (Å²) in [6.07, 6.45) is 0.0359. The molecule has 5 nitrogen and oxygen atoms in total. The van der Waals surface area contributed by atoms with Crippen molar-refractivity contribution >= 4 is 38.2 Å². The van der Waals surface area contributed by atoms with Crippen LogP contribution < -0.4 is 0 Å². The van der Waals surface area contributed by atoms with Crippen molar-refractivity contribution in [3.05, 3.63) is 0 Å². The molecule has 0 heterocycles. The van der Waals surface area contributed by atoms with Crippen molar-refractivity contribution in [2.75, 3.05) is 6.61 Å². The molecule has 2 N–H and O–H groups in total. The molecule has 5 radical (unpaired) electrons. The van der Waals surface area contributed by atoms with Gasteiger partial charge in [-0.15, -0.1) is 0 Å². The van der Waals surface area contributed by atoms with E-state index in [9.17, 15) is 9.59 Å². The van der Waals surface area contributed by atoms with Gasteiger partial charge < -0.3 is 0 Å². The van der Waals surface area contributed by atoms with Gasteiger partial charge in [0.25, 0.3) is 0 Å². The SMILES string of the molecule is O=C(O)C(CC[O][Pb])C(=O)O.[Pa].[Pa]. The molecule has 0 rings (SSSR count). The van der Waals surface area contributed by atoms with Crippen molar-refractivity contribution in [3.8, 4) is 0 Å². The average molecular weight is 816 g/mol. The van der Waals surface area contributed by atoms with Gasteiger partial charge in [-0.2, -0.15) is 0 Å². The van der Waals surface area contributed by atoms with E-state index in [-0.39, 0.29) is 77.6 Å². The number of hydrogen-bond acceptors (Lipinski definition) is 3. The first kappa shape index (κ1) is 20.4. The number of aliphatic carboxylic acids is 2. The molecule has 0 spiro atoms. The van der Waals surface area contributed by atoms with Gasteiger partial charge in [-0.25, -0.2) is 0 Å². The maximum Gasteiger partial charge on any atom is 0 e. The second kappa shape index (κ2) is 12.1. The van der Waals surface area contributed by atoms with Crippen LogP contribution in [0, 0.1) is 70.5 Å². The van der Waals surface area contributed by atoms with Crippen molar-refractivity contribution in [1.29, 1.82) is 0 Å². The maximum absolute atomic E-state index is 10.2. The van der Waals surface area contributed by atoms with Gasteiger partial charge in [-0.1, -0.05) is 0 Å². The molecule has 8 heteroatoms. The van der Waals surface area contributed by atoms with Crippen LogP contribution in [0.3, 0.4) is 0 Å². The van der Waals surface area contributed by atoms with Crippen LogP contribution in [0.15, 0.2) is 0 Å². The van der Waals surface area contributed by atoms with Crippen LogP contribution in [-0.4, -0.2) is 55.0 Å². The standard InChI is InChI=1S/C5H7O5.2Pa.Pb/c6-2-1-3(4(7)8)5(9)10;;;/h3H,1-2H2,(H,7,8)(H,9,10);;;/q-1;;;+1. The molecule has 67 valence electrons. The number of carbonyl (C=O) groups is 2. The topological polar surface area (TPSA) is 83.8 Å². The molecular weight excluding hydrogens is 809 g/mol. The fourth-order valence-corrected chi connectivity index (χ4v) is 0.987. The van der Waals surface area contributed by atoms with Crippen LogP contribution in [0.1, 0.15) is 6.42 Å². The van der Waals surface area contributed by atoms with E-state index < -0.39 is 17.9 Å². The summed E-state index contributed by atoms with van der Waals surface area (Å²) in [5, 5.41) is 16.7. The van der Waals surface area contributed by atoms with Gasteiger partial charge in [0.1, 0.15) is 0 Å². The summed E-state index contributed by atoms with van der Waals surface area (Å²) in [6.45, 7) is 0.204. The van der Waals surface area contributed by atoms with Crippen molar-refractivity contribution in [2.24, 2.45) is 5.92 Å². The largest absolute Gasteiger partial charge is 0 e. The van der Waals surface area contributed by atoms with Crippen LogP contribution in [0.4, 0.5) is 0 Å². The quantitative estimate of drug-likeness (QED) is 0.283. The molecular formula is C5H7O5Pa2Pb. The minimum absolute atomic E-state index is 0. The first-order chi connectivity index (χ1) is 5.09. The molecule has 0 unspecified atom stereocenters. The maximum atomic E-state index is 10.2. The van der Waals surface area contributed by atoms with E-state index in [2.05, 4.69) is 2.69 Å². The van der Waals surface area contributed by atoms with Crippen molar-refractivity contribution in [3.63, 3.8) is 0 Å². The summed E-state index contributed by atoms with van der Waals surface area (Å²) in [4.78, 5) is 20.4. The number of carboxylic acid groups (broad SMARTS) is 2. The molecule has 0 saturated heterocycles. The zero-order valence-corrected chi connectivity index (χ0v) is 20.3. The first-order valence-corrected chi connectivity index (χ1v) is 4.42. The molecule has 0 amide bonds. The summed E-state index contributed by atoms with van der Waals surface area (Å²) >= 11 is 0.500. The summed E-state index contributed by atoms with van der Waals surface area (Å²) in [7, 11) is 0. The molecule has 0 saturated carbocycles. The monoisotopic (exact) mass is 817 g/mol. The van der Waals surface area contributed by atoms with Gasteiger partial charge in [0.2, 0.25) is 0 Å². The van der Waals surface area contributed by atoms with E-state index in [1.54, 1.807) is 0 Å². The van der Waals surface area contributed by atoms with E-state index in [0.29, 0.717) is 26.2 Å². The van der Waals surface area contributed by atoms with Crippen LogP contribution in [0.5, 0.6) is 0 Å². The molecule has 13 heavy (non-hydrogen) atoms. The Morgan fingerprint density at radius 3 is 1.85 bits per heavy atom. The Labute approximate surface area is 142 Å². The van der Waals surface area contributed by atoms with E-state index in [4.69, 9.17) is 10.2 Å².